The van der Waals surface area contributed by atoms with E-state index in [0.29, 0.717) is 36.6 Å². The normalized spacial score (nSPS) is 17.2. The lowest BCUT2D eigenvalue weighted by Crippen LogP contribution is -2.35. The Morgan fingerprint density at radius 1 is 0.974 bits per heavy atom. The van der Waals surface area contributed by atoms with E-state index in [9.17, 15) is 14.7 Å². The van der Waals surface area contributed by atoms with Crippen LogP contribution in [-0.4, -0.2) is 53.8 Å². The second kappa shape index (κ2) is 11.5. The van der Waals surface area contributed by atoms with Crippen LogP contribution in [-0.2, 0) is 21.6 Å². The number of nitrogens with zero attached hydrogens (tertiary/aromatic N) is 2. The average molecular weight is 527 g/mol. The van der Waals surface area contributed by atoms with Crippen LogP contribution in [0.1, 0.15) is 54.6 Å². The number of ether oxygens (including phenoxy) is 1. The van der Waals surface area contributed by atoms with Crippen molar-refractivity contribution in [2.24, 2.45) is 0 Å². The van der Waals surface area contributed by atoms with E-state index >= 15 is 0 Å². The molecular formula is C33H38N2O4. The highest BCUT2D eigenvalue weighted by molar-refractivity contribution is 6.46. The number of aryl methyl sites for hydroxylation is 1. The fraction of sp³-hybridized carbons (Fsp3) is 0.333. The molecule has 1 fully saturated rings. The highest BCUT2D eigenvalue weighted by Gasteiger charge is 2.46. The van der Waals surface area contributed by atoms with Crippen LogP contribution in [0.15, 0.2) is 78.4 Å². The number of aliphatic hydroxyl groups is 1. The lowest BCUT2D eigenvalue weighted by Gasteiger charge is -2.27. The number of rotatable bonds is 8. The molecule has 1 saturated heterocycles. The summed E-state index contributed by atoms with van der Waals surface area (Å²) in [5.41, 5.74) is 4.13. The Kier molecular flexibility index (Phi) is 8.26. The van der Waals surface area contributed by atoms with Crippen LogP contribution in [0.4, 0.5) is 0 Å². The Hall–Kier alpha value is -3.90. The SMILES string of the molecule is Cc1ccc(C(C)(C)C)cc1/C(O)=C1\C(=O)C(=O)N(CCN(C)C)C1c1cccc(OCc2ccccc2)c1. The van der Waals surface area contributed by atoms with E-state index in [1.54, 1.807) is 4.90 Å². The van der Waals surface area contributed by atoms with Gasteiger partial charge in [-0.3, -0.25) is 9.59 Å². The molecule has 0 bridgehead atoms. The molecule has 0 aromatic heterocycles. The molecule has 1 amide bonds. The molecule has 1 heterocycles. The summed E-state index contributed by atoms with van der Waals surface area (Å²) in [5.74, 6) is -0.804. The molecular weight excluding hydrogens is 488 g/mol. The molecule has 0 saturated carbocycles. The average Bonchev–Trinajstić information content (AvgIpc) is 3.15. The summed E-state index contributed by atoms with van der Waals surface area (Å²) in [7, 11) is 3.84. The number of hydrogen-bond acceptors (Lipinski definition) is 5. The summed E-state index contributed by atoms with van der Waals surface area (Å²) in [4.78, 5) is 30.4. The minimum Gasteiger partial charge on any atom is -0.507 e. The number of hydrogen-bond donors (Lipinski definition) is 1. The van der Waals surface area contributed by atoms with Crippen LogP contribution >= 0.6 is 0 Å². The van der Waals surface area contributed by atoms with Crippen LogP contribution in [0.2, 0.25) is 0 Å². The summed E-state index contributed by atoms with van der Waals surface area (Å²) < 4.78 is 6.06. The van der Waals surface area contributed by atoms with Crippen molar-refractivity contribution >= 4 is 17.4 Å². The van der Waals surface area contributed by atoms with Crippen LogP contribution in [0.3, 0.4) is 0 Å². The quantitative estimate of drug-likeness (QED) is 0.226. The number of Topliss-reactive ketones (excluding diaryl/α,β-unsaturated/α-hetero) is 1. The van der Waals surface area contributed by atoms with E-state index in [2.05, 4.69) is 20.8 Å². The number of aliphatic hydroxyl groups excluding tert-OH is 1. The number of carbonyl (C=O) groups is 2. The molecule has 204 valence electrons. The van der Waals surface area contributed by atoms with Gasteiger partial charge in [-0.2, -0.15) is 0 Å². The number of carbonyl (C=O) groups excluding carboxylic acids is 2. The fourth-order valence-corrected chi connectivity index (χ4v) is 4.77. The molecule has 1 N–H and O–H groups in total. The summed E-state index contributed by atoms with van der Waals surface area (Å²) in [6.45, 7) is 9.51. The van der Waals surface area contributed by atoms with Crippen molar-refractivity contribution in [2.75, 3.05) is 27.2 Å². The van der Waals surface area contributed by atoms with Gasteiger partial charge in [-0.25, -0.2) is 0 Å². The van der Waals surface area contributed by atoms with Gasteiger partial charge in [0.25, 0.3) is 11.7 Å². The van der Waals surface area contributed by atoms with Crippen molar-refractivity contribution in [1.82, 2.24) is 9.80 Å². The topological polar surface area (TPSA) is 70.1 Å². The number of benzene rings is 3. The highest BCUT2D eigenvalue weighted by atomic mass is 16.5. The second-order valence-electron chi connectivity index (χ2n) is 11.4. The molecule has 39 heavy (non-hydrogen) atoms. The molecule has 3 aromatic carbocycles. The first-order valence-corrected chi connectivity index (χ1v) is 13.3. The first kappa shape index (κ1) is 28.1. The largest absolute Gasteiger partial charge is 0.507 e. The summed E-state index contributed by atoms with van der Waals surface area (Å²) in [6, 6.07) is 22.5. The lowest BCUT2D eigenvalue weighted by molar-refractivity contribution is -0.140. The third kappa shape index (κ3) is 6.23. The van der Waals surface area contributed by atoms with Gasteiger partial charge in [0.15, 0.2) is 0 Å². The van der Waals surface area contributed by atoms with Gasteiger partial charge in [-0.15, -0.1) is 0 Å². The third-order valence-corrected chi connectivity index (χ3v) is 7.11. The van der Waals surface area contributed by atoms with E-state index < -0.39 is 17.7 Å². The van der Waals surface area contributed by atoms with Crippen LogP contribution in [0, 0.1) is 6.92 Å². The van der Waals surface area contributed by atoms with Crippen molar-refractivity contribution in [3.05, 3.63) is 106 Å². The summed E-state index contributed by atoms with van der Waals surface area (Å²) in [5, 5.41) is 11.7. The molecule has 0 radical (unpaired) electrons. The van der Waals surface area contributed by atoms with E-state index in [1.807, 2.05) is 98.7 Å². The van der Waals surface area contributed by atoms with Gasteiger partial charge in [0, 0.05) is 18.7 Å². The van der Waals surface area contributed by atoms with Gasteiger partial charge in [0.2, 0.25) is 0 Å². The molecule has 6 heteroatoms. The zero-order valence-corrected chi connectivity index (χ0v) is 23.7. The summed E-state index contributed by atoms with van der Waals surface area (Å²) >= 11 is 0. The van der Waals surface area contributed by atoms with Crippen LogP contribution in [0.25, 0.3) is 5.76 Å². The molecule has 0 aliphatic carbocycles. The van der Waals surface area contributed by atoms with Gasteiger partial charge in [-0.05, 0) is 66.9 Å². The van der Waals surface area contributed by atoms with E-state index in [4.69, 9.17) is 4.74 Å². The van der Waals surface area contributed by atoms with Crippen molar-refractivity contribution in [1.29, 1.82) is 0 Å². The van der Waals surface area contributed by atoms with E-state index in [0.717, 1.165) is 16.7 Å². The molecule has 6 nitrogen and oxygen atoms in total. The number of ketones is 1. The molecule has 1 unspecified atom stereocenters. The lowest BCUT2D eigenvalue weighted by atomic mass is 9.84. The van der Waals surface area contributed by atoms with Gasteiger partial charge in [-0.1, -0.05) is 75.4 Å². The van der Waals surface area contributed by atoms with E-state index in [-0.39, 0.29) is 16.7 Å². The van der Waals surface area contributed by atoms with Gasteiger partial charge in [0.1, 0.15) is 18.1 Å². The highest BCUT2D eigenvalue weighted by Crippen LogP contribution is 2.41. The second-order valence-corrected chi connectivity index (χ2v) is 11.4. The van der Waals surface area contributed by atoms with Crippen LogP contribution < -0.4 is 4.74 Å². The third-order valence-electron chi connectivity index (χ3n) is 7.11. The van der Waals surface area contributed by atoms with Gasteiger partial charge in [0.05, 0.1) is 11.6 Å². The molecule has 3 aromatic rings. The van der Waals surface area contributed by atoms with Gasteiger partial charge < -0.3 is 19.6 Å². The summed E-state index contributed by atoms with van der Waals surface area (Å²) in [6.07, 6.45) is 0. The molecule has 1 aliphatic heterocycles. The molecule has 4 rings (SSSR count). The standard InChI is InChI=1S/C33H38N2O4/c1-22-15-16-25(33(2,3)4)20-27(22)30(36)28-29(35(18-17-34(5)6)32(38)31(28)37)24-13-10-14-26(19-24)39-21-23-11-8-7-9-12-23/h7-16,19-20,29,36H,17-18,21H2,1-6H3/b30-28+. The Morgan fingerprint density at radius 3 is 2.36 bits per heavy atom. The van der Waals surface area contributed by atoms with E-state index in [1.165, 1.54) is 0 Å². The molecule has 1 atom stereocenters. The number of likely N-dealkylation sites (N-methyl/N-ethyl adjacent to an activating group) is 1. The first-order valence-electron chi connectivity index (χ1n) is 13.3. The number of amides is 1. The fourth-order valence-electron chi connectivity index (χ4n) is 4.77. The monoisotopic (exact) mass is 526 g/mol. The Bertz CT molecular complexity index is 1390. The Balaban J connectivity index is 1.80. The van der Waals surface area contributed by atoms with Gasteiger partial charge >= 0.3 is 0 Å². The number of likely N-dealkylation sites (tertiary alicyclic amines) is 1. The maximum atomic E-state index is 13.5. The Labute approximate surface area is 231 Å². The van der Waals surface area contributed by atoms with Crippen LogP contribution in [0.5, 0.6) is 5.75 Å². The van der Waals surface area contributed by atoms with Crippen molar-refractivity contribution in [3.63, 3.8) is 0 Å². The smallest absolute Gasteiger partial charge is 0.295 e. The maximum Gasteiger partial charge on any atom is 0.295 e. The Morgan fingerprint density at radius 2 is 1.69 bits per heavy atom. The maximum absolute atomic E-state index is 13.5. The molecule has 1 aliphatic rings. The predicted molar refractivity (Wildman–Crippen MR) is 155 cm³/mol. The molecule has 0 spiro atoms. The zero-order chi connectivity index (χ0) is 28.3. The first-order chi connectivity index (χ1) is 18.5. The minimum atomic E-state index is -0.733. The zero-order valence-electron chi connectivity index (χ0n) is 23.7. The van der Waals surface area contributed by atoms with Crippen molar-refractivity contribution in [3.8, 4) is 5.75 Å². The van der Waals surface area contributed by atoms with Crippen molar-refractivity contribution in [2.45, 2.75) is 45.8 Å². The van der Waals surface area contributed by atoms with Crippen molar-refractivity contribution < 1.29 is 19.4 Å². The predicted octanol–water partition coefficient (Wildman–Crippen LogP) is 5.85. The minimum absolute atomic E-state index is 0.105.